The standard InChI is InChI=1S/C6H12ClNO4S/c1-3-4-5(2)12-6(9)8-13(7,10)11/h5H,3-4H2,1-2H3,(H,8,9). The monoisotopic (exact) mass is 229 g/mol. The molecule has 0 spiro atoms. The number of amides is 1. The van der Waals surface area contributed by atoms with E-state index in [1.807, 2.05) is 6.92 Å². The van der Waals surface area contributed by atoms with Crippen LogP contribution < -0.4 is 4.72 Å². The van der Waals surface area contributed by atoms with Gasteiger partial charge in [-0.2, -0.15) is 8.42 Å². The first-order valence-corrected chi connectivity index (χ1v) is 6.09. The summed E-state index contributed by atoms with van der Waals surface area (Å²) in [6, 6.07) is 0. The Balaban J connectivity index is 3.88. The highest BCUT2D eigenvalue weighted by atomic mass is 35.7. The summed E-state index contributed by atoms with van der Waals surface area (Å²) < 4.78 is 26.8. The molecule has 0 heterocycles. The minimum atomic E-state index is -4.04. The maximum absolute atomic E-state index is 10.7. The van der Waals surface area contributed by atoms with Gasteiger partial charge in [-0.05, 0) is 13.3 Å². The van der Waals surface area contributed by atoms with E-state index < -0.39 is 15.3 Å². The first-order valence-electron chi connectivity index (χ1n) is 3.78. The van der Waals surface area contributed by atoms with Crippen LogP contribution in [0, 0.1) is 0 Å². The molecule has 0 radical (unpaired) electrons. The van der Waals surface area contributed by atoms with Crippen LogP contribution in [0.5, 0.6) is 0 Å². The molecule has 7 heteroatoms. The van der Waals surface area contributed by atoms with Crippen LogP contribution >= 0.6 is 10.7 Å². The van der Waals surface area contributed by atoms with Crippen molar-refractivity contribution < 1.29 is 17.9 Å². The lowest BCUT2D eigenvalue weighted by atomic mass is 10.2. The van der Waals surface area contributed by atoms with Gasteiger partial charge >= 0.3 is 15.3 Å². The lowest BCUT2D eigenvalue weighted by molar-refractivity contribution is 0.107. The number of ether oxygens (including phenoxy) is 1. The van der Waals surface area contributed by atoms with Gasteiger partial charge in [-0.3, -0.25) is 0 Å². The fourth-order valence-corrected chi connectivity index (χ4v) is 1.21. The van der Waals surface area contributed by atoms with Crippen LogP contribution in [-0.2, 0) is 14.0 Å². The number of nitrogens with one attached hydrogen (secondary N) is 1. The lowest BCUT2D eigenvalue weighted by Gasteiger charge is -2.11. The van der Waals surface area contributed by atoms with Gasteiger partial charge in [0.2, 0.25) is 0 Å². The summed E-state index contributed by atoms with van der Waals surface area (Å²) in [6.07, 6.45) is 0.164. The minimum Gasteiger partial charge on any atom is -0.446 e. The predicted octanol–water partition coefficient (Wildman–Crippen LogP) is 1.38. The largest absolute Gasteiger partial charge is 0.446 e. The first-order chi connectivity index (χ1) is 5.85. The van der Waals surface area contributed by atoms with Crippen LogP contribution in [0.3, 0.4) is 0 Å². The van der Waals surface area contributed by atoms with Crippen molar-refractivity contribution in [2.24, 2.45) is 0 Å². The number of carbonyl (C=O) groups excluding carboxylic acids is 1. The molecular formula is C6H12ClNO4S. The molecule has 0 aromatic heterocycles. The van der Waals surface area contributed by atoms with Crippen LogP contribution in [0.15, 0.2) is 0 Å². The Kier molecular flexibility index (Phi) is 5.09. The molecule has 13 heavy (non-hydrogen) atoms. The normalized spacial score (nSPS) is 13.5. The van der Waals surface area contributed by atoms with Gasteiger partial charge in [0.05, 0.1) is 0 Å². The van der Waals surface area contributed by atoms with E-state index in [0.717, 1.165) is 6.42 Å². The zero-order valence-corrected chi connectivity index (χ0v) is 8.98. The van der Waals surface area contributed by atoms with Gasteiger partial charge in [0, 0.05) is 10.7 Å². The van der Waals surface area contributed by atoms with E-state index in [1.165, 1.54) is 4.72 Å². The Morgan fingerprint density at radius 3 is 2.54 bits per heavy atom. The third-order valence-electron chi connectivity index (χ3n) is 1.21. The quantitative estimate of drug-likeness (QED) is 0.740. The SMILES string of the molecule is CCCC(C)OC(=O)NS(=O)(=O)Cl. The lowest BCUT2D eigenvalue weighted by Crippen LogP contribution is -2.30. The average molecular weight is 230 g/mol. The minimum absolute atomic E-state index is 0.316. The Bertz CT molecular complexity index is 264. The number of hydrogen-bond acceptors (Lipinski definition) is 4. The molecule has 1 N–H and O–H groups in total. The molecular weight excluding hydrogens is 218 g/mol. The molecule has 0 rings (SSSR count). The highest BCUT2D eigenvalue weighted by Crippen LogP contribution is 2.01. The summed E-state index contributed by atoms with van der Waals surface area (Å²) in [5.41, 5.74) is 0. The van der Waals surface area contributed by atoms with Crippen molar-refractivity contribution in [3.8, 4) is 0 Å². The Morgan fingerprint density at radius 1 is 1.62 bits per heavy atom. The van der Waals surface area contributed by atoms with Gasteiger partial charge < -0.3 is 4.74 Å². The molecule has 0 aliphatic rings. The summed E-state index contributed by atoms with van der Waals surface area (Å²) in [5.74, 6) is 0. The Hall–Kier alpha value is -0.490. The molecule has 0 aromatic rings. The third-order valence-corrected chi connectivity index (χ3v) is 1.85. The Labute approximate surface area is 82.0 Å². The van der Waals surface area contributed by atoms with Gasteiger partial charge in [-0.25, -0.2) is 9.52 Å². The number of halogens is 1. The second-order valence-corrected chi connectivity index (χ2v) is 4.84. The zero-order valence-electron chi connectivity index (χ0n) is 7.41. The molecule has 0 saturated carbocycles. The van der Waals surface area contributed by atoms with Crippen LogP contribution in [0.1, 0.15) is 26.7 Å². The topological polar surface area (TPSA) is 72.5 Å². The molecule has 1 amide bonds. The van der Waals surface area contributed by atoms with E-state index in [9.17, 15) is 13.2 Å². The van der Waals surface area contributed by atoms with Crippen molar-refractivity contribution in [3.63, 3.8) is 0 Å². The molecule has 1 atom stereocenters. The van der Waals surface area contributed by atoms with E-state index in [2.05, 4.69) is 4.74 Å². The molecule has 1 unspecified atom stereocenters. The van der Waals surface area contributed by atoms with Crippen LogP contribution in [0.2, 0.25) is 0 Å². The second kappa shape index (κ2) is 5.29. The van der Waals surface area contributed by atoms with Crippen molar-refractivity contribution >= 4 is 26.0 Å². The summed E-state index contributed by atoms with van der Waals surface area (Å²) >= 11 is 0. The van der Waals surface area contributed by atoms with Crippen molar-refractivity contribution in [3.05, 3.63) is 0 Å². The van der Waals surface area contributed by atoms with Gasteiger partial charge in [0.15, 0.2) is 0 Å². The van der Waals surface area contributed by atoms with Gasteiger partial charge in [-0.1, -0.05) is 13.3 Å². The second-order valence-electron chi connectivity index (χ2n) is 2.54. The highest BCUT2D eigenvalue weighted by Gasteiger charge is 2.14. The smallest absolute Gasteiger partial charge is 0.422 e. The van der Waals surface area contributed by atoms with Gasteiger partial charge in [-0.15, -0.1) is 0 Å². The number of hydrogen-bond donors (Lipinski definition) is 1. The van der Waals surface area contributed by atoms with E-state index >= 15 is 0 Å². The molecule has 0 aliphatic heterocycles. The molecule has 0 saturated heterocycles. The summed E-state index contributed by atoms with van der Waals surface area (Å²) in [6.45, 7) is 3.60. The van der Waals surface area contributed by atoms with Crippen molar-refractivity contribution in [1.29, 1.82) is 0 Å². The maximum Gasteiger partial charge on any atom is 0.422 e. The summed E-state index contributed by atoms with van der Waals surface area (Å²) in [7, 11) is 0.713. The summed E-state index contributed by atoms with van der Waals surface area (Å²) in [5, 5.41) is 0. The van der Waals surface area contributed by atoms with Crippen LogP contribution in [0.4, 0.5) is 4.79 Å². The zero-order chi connectivity index (χ0) is 10.5. The molecule has 0 aromatic carbocycles. The van der Waals surface area contributed by atoms with E-state index in [-0.39, 0.29) is 6.10 Å². The highest BCUT2D eigenvalue weighted by molar-refractivity contribution is 8.12. The maximum atomic E-state index is 10.7. The molecule has 5 nitrogen and oxygen atoms in total. The van der Waals surface area contributed by atoms with E-state index in [4.69, 9.17) is 10.7 Å². The Morgan fingerprint density at radius 2 is 2.15 bits per heavy atom. The van der Waals surface area contributed by atoms with Crippen LogP contribution in [0.25, 0.3) is 0 Å². The predicted molar refractivity (Wildman–Crippen MR) is 48.8 cm³/mol. The van der Waals surface area contributed by atoms with E-state index in [0.29, 0.717) is 6.42 Å². The number of carbonyl (C=O) groups is 1. The van der Waals surface area contributed by atoms with Crippen LogP contribution in [-0.4, -0.2) is 20.6 Å². The van der Waals surface area contributed by atoms with Gasteiger partial charge in [0.1, 0.15) is 6.10 Å². The van der Waals surface area contributed by atoms with Crippen molar-refractivity contribution in [2.75, 3.05) is 0 Å². The van der Waals surface area contributed by atoms with Gasteiger partial charge in [0.25, 0.3) is 0 Å². The third kappa shape index (κ3) is 7.86. The molecule has 0 bridgehead atoms. The fourth-order valence-electron chi connectivity index (χ4n) is 0.772. The first kappa shape index (κ1) is 12.5. The van der Waals surface area contributed by atoms with Crippen molar-refractivity contribution in [1.82, 2.24) is 4.72 Å². The van der Waals surface area contributed by atoms with E-state index in [1.54, 1.807) is 6.92 Å². The molecule has 78 valence electrons. The fraction of sp³-hybridized carbons (Fsp3) is 0.833. The molecule has 0 aliphatic carbocycles. The molecule has 0 fully saturated rings. The van der Waals surface area contributed by atoms with Crippen molar-refractivity contribution in [2.45, 2.75) is 32.8 Å². The average Bonchev–Trinajstić information content (AvgIpc) is 1.81. The summed E-state index contributed by atoms with van der Waals surface area (Å²) in [4.78, 5) is 10.7. The number of rotatable bonds is 4.